The molecule has 0 spiro atoms. The van der Waals surface area contributed by atoms with Crippen molar-refractivity contribution in [3.05, 3.63) is 29.8 Å². The van der Waals surface area contributed by atoms with Gasteiger partial charge >= 0.3 is 0 Å². The van der Waals surface area contributed by atoms with Crippen LogP contribution in [0, 0.1) is 0 Å². The number of likely N-dealkylation sites (N-methyl/N-ethyl adjacent to an activating group) is 1. The average molecular weight is 276 g/mol. The molecule has 3 heteroatoms. The number of nitrogens with two attached hydrogens (primary N) is 1. The molecule has 1 aliphatic rings. The van der Waals surface area contributed by atoms with Gasteiger partial charge in [-0.1, -0.05) is 26.0 Å². The van der Waals surface area contributed by atoms with Crippen LogP contribution in [-0.2, 0) is 0 Å². The van der Waals surface area contributed by atoms with Gasteiger partial charge in [0.1, 0.15) is 5.75 Å². The van der Waals surface area contributed by atoms with E-state index >= 15 is 0 Å². The van der Waals surface area contributed by atoms with E-state index in [1.807, 2.05) is 12.1 Å². The van der Waals surface area contributed by atoms with Gasteiger partial charge in [0.25, 0.3) is 0 Å². The Hall–Kier alpha value is -1.06. The monoisotopic (exact) mass is 276 g/mol. The standard InChI is InChI=1S/C17H28N2O/c1-5-19(6-2)17(3,4)16(18)13-8-7-9-15(12-13)20-14-10-11-14/h7-9,12,14,16H,5-6,10-11,18H2,1-4H3. The molecule has 1 atom stereocenters. The van der Waals surface area contributed by atoms with E-state index in [-0.39, 0.29) is 11.6 Å². The Labute approximate surface area is 123 Å². The van der Waals surface area contributed by atoms with Gasteiger partial charge in [-0.05, 0) is 57.5 Å². The van der Waals surface area contributed by atoms with Crippen LogP contribution in [0.3, 0.4) is 0 Å². The van der Waals surface area contributed by atoms with E-state index in [2.05, 4.69) is 44.7 Å². The highest BCUT2D eigenvalue weighted by atomic mass is 16.5. The summed E-state index contributed by atoms with van der Waals surface area (Å²) in [6.07, 6.45) is 2.79. The second-order valence-corrected chi connectivity index (χ2v) is 6.19. The molecule has 1 fully saturated rings. The topological polar surface area (TPSA) is 38.5 Å². The first kappa shape index (κ1) is 15.3. The molecular weight excluding hydrogens is 248 g/mol. The van der Waals surface area contributed by atoms with Crippen LogP contribution in [0.1, 0.15) is 52.1 Å². The maximum absolute atomic E-state index is 6.54. The lowest BCUT2D eigenvalue weighted by Crippen LogP contribution is -2.51. The number of hydrogen-bond donors (Lipinski definition) is 1. The molecular formula is C17H28N2O. The Morgan fingerprint density at radius 3 is 2.50 bits per heavy atom. The second kappa shape index (κ2) is 6.15. The Morgan fingerprint density at radius 2 is 1.95 bits per heavy atom. The first-order chi connectivity index (χ1) is 9.48. The van der Waals surface area contributed by atoms with Crippen molar-refractivity contribution in [3.63, 3.8) is 0 Å². The van der Waals surface area contributed by atoms with Crippen molar-refractivity contribution in [3.8, 4) is 5.75 Å². The number of benzene rings is 1. The fourth-order valence-corrected chi connectivity index (χ4v) is 2.80. The molecule has 112 valence electrons. The summed E-state index contributed by atoms with van der Waals surface area (Å²) >= 11 is 0. The summed E-state index contributed by atoms with van der Waals surface area (Å²) in [6.45, 7) is 10.8. The summed E-state index contributed by atoms with van der Waals surface area (Å²) in [5, 5.41) is 0. The van der Waals surface area contributed by atoms with Crippen molar-refractivity contribution in [2.75, 3.05) is 13.1 Å². The Kier molecular flexibility index (Phi) is 4.71. The molecule has 20 heavy (non-hydrogen) atoms. The molecule has 0 aliphatic heterocycles. The number of nitrogens with zero attached hydrogens (tertiary/aromatic N) is 1. The number of rotatable bonds is 7. The molecule has 1 aromatic rings. The van der Waals surface area contributed by atoms with Gasteiger partial charge in [0, 0.05) is 11.6 Å². The zero-order valence-corrected chi connectivity index (χ0v) is 13.2. The predicted octanol–water partition coefficient (Wildman–Crippen LogP) is 3.35. The van der Waals surface area contributed by atoms with Crippen LogP contribution in [0.4, 0.5) is 0 Å². The van der Waals surface area contributed by atoms with E-state index in [9.17, 15) is 0 Å². The summed E-state index contributed by atoms with van der Waals surface area (Å²) < 4.78 is 5.87. The molecule has 0 radical (unpaired) electrons. The molecule has 1 unspecified atom stereocenters. The molecule has 2 rings (SSSR count). The first-order valence-electron chi connectivity index (χ1n) is 7.76. The van der Waals surface area contributed by atoms with Gasteiger partial charge in [-0.2, -0.15) is 0 Å². The van der Waals surface area contributed by atoms with Crippen molar-refractivity contribution in [2.45, 2.75) is 58.2 Å². The van der Waals surface area contributed by atoms with Gasteiger partial charge in [0.05, 0.1) is 6.10 Å². The summed E-state index contributed by atoms with van der Waals surface area (Å²) in [6, 6.07) is 8.26. The van der Waals surface area contributed by atoms with E-state index in [0.29, 0.717) is 6.10 Å². The number of hydrogen-bond acceptors (Lipinski definition) is 3. The Morgan fingerprint density at radius 1 is 1.30 bits per heavy atom. The highest BCUT2D eigenvalue weighted by Crippen LogP contribution is 2.32. The highest BCUT2D eigenvalue weighted by Gasteiger charge is 2.32. The Balaban J connectivity index is 2.16. The van der Waals surface area contributed by atoms with E-state index < -0.39 is 0 Å². The fraction of sp³-hybridized carbons (Fsp3) is 0.647. The zero-order valence-electron chi connectivity index (χ0n) is 13.2. The third kappa shape index (κ3) is 3.33. The maximum Gasteiger partial charge on any atom is 0.120 e. The molecule has 3 nitrogen and oxygen atoms in total. The largest absolute Gasteiger partial charge is 0.490 e. The summed E-state index contributed by atoms with van der Waals surface area (Å²) in [4.78, 5) is 2.41. The summed E-state index contributed by atoms with van der Waals surface area (Å²) in [5.41, 5.74) is 7.63. The molecule has 0 saturated heterocycles. The second-order valence-electron chi connectivity index (χ2n) is 6.19. The van der Waals surface area contributed by atoms with Crippen LogP contribution >= 0.6 is 0 Å². The van der Waals surface area contributed by atoms with Gasteiger partial charge in [0.15, 0.2) is 0 Å². The SMILES string of the molecule is CCN(CC)C(C)(C)C(N)c1cccc(OC2CC2)c1. The Bertz CT molecular complexity index is 436. The molecule has 0 aromatic heterocycles. The van der Waals surface area contributed by atoms with E-state index in [1.54, 1.807) is 0 Å². The van der Waals surface area contributed by atoms with E-state index in [0.717, 1.165) is 24.4 Å². The normalized spacial score (nSPS) is 17.3. The minimum atomic E-state index is -0.0678. The highest BCUT2D eigenvalue weighted by molar-refractivity contribution is 5.32. The smallest absolute Gasteiger partial charge is 0.120 e. The molecule has 0 heterocycles. The zero-order chi connectivity index (χ0) is 14.8. The van der Waals surface area contributed by atoms with E-state index in [1.165, 1.54) is 12.8 Å². The van der Waals surface area contributed by atoms with Crippen LogP contribution in [-0.4, -0.2) is 29.6 Å². The van der Waals surface area contributed by atoms with Crippen LogP contribution < -0.4 is 10.5 Å². The van der Waals surface area contributed by atoms with Gasteiger partial charge in [0.2, 0.25) is 0 Å². The molecule has 0 amide bonds. The molecule has 0 bridgehead atoms. The minimum Gasteiger partial charge on any atom is -0.490 e. The van der Waals surface area contributed by atoms with Crippen molar-refractivity contribution in [1.82, 2.24) is 4.90 Å². The lowest BCUT2D eigenvalue weighted by molar-refractivity contribution is 0.107. The van der Waals surface area contributed by atoms with Crippen molar-refractivity contribution in [1.29, 1.82) is 0 Å². The van der Waals surface area contributed by atoms with Crippen LogP contribution in [0.2, 0.25) is 0 Å². The average Bonchev–Trinajstić information content (AvgIpc) is 3.23. The third-order valence-corrected chi connectivity index (χ3v) is 4.38. The molecule has 1 aliphatic carbocycles. The predicted molar refractivity (Wildman–Crippen MR) is 84.0 cm³/mol. The van der Waals surface area contributed by atoms with Crippen LogP contribution in [0.25, 0.3) is 0 Å². The lowest BCUT2D eigenvalue weighted by atomic mass is 9.87. The maximum atomic E-state index is 6.54. The quantitative estimate of drug-likeness (QED) is 0.830. The van der Waals surface area contributed by atoms with Crippen molar-refractivity contribution in [2.24, 2.45) is 5.73 Å². The summed E-state index contributed by atoms with van der Waals surface area (Å²) in [7, 11) is 0. The van der Waals surface area contributed by atoms with Crippen molar-refractivity contribution >= 4 is 0 Å². The van der Waals surface area contributed by atoms with Gasteiger partial charge in [-0.15, -0.1) is 0 Å². The van der Waals surface area contributed by atoms with Gasteiger partial charge in [-0.25, -0.2) is 0 Å². The van der Waals surface area contributed by atoms with E-state index in [4.69, 9.17) is 10.5 Å². The van der Waals surface area contributed by atoms with Crippen LogP contribution in [0.5, 0.6) is 5.75 Å². The third-order valence-electron chi connectivity index (χ3n) is 4.38. The fourth-order valence-electron chi connectivity index (χ4n) is 2.80. The number of ether oxygens (including phenoxy) is 1. The minimum absolute atomic E-state index is 0.0230. The lowest BCUT2D eigenvalue weighted by Gasteiger charge is -2.42. The van der Waals surface area contributed by atoms with Gasteiger partial charge < -0.3 is 10.5 Å². The van der Waals surface area contributed by atoms with Crippen LogP contribution in [0.15, 0.2) is 24.3 Å². The first-order valence-corrected chi connectivity index (χ1v) is 7.76. The summed E-state index contributed by atoms with van der Waals surface area (Å²) in [5.74, 6) is 0.954. The molecule has 2 N–H and O–H groups in total. The molecule has 1 saturated carbocycles. The van der Waals surface area contributed by atoms with Gasteiger partial charge in [-0.3, -0.25) is 4.90 Å². The van der Waals surface area contributed by atoms with Crippen molar-refractivity contribution < 1.29 is 4.74 Å². The molecule has 1 aromatic carbocycles.